The van der Waals surface area contributed by atoms with Crippen molar-refractivity contribution in [3.63, 3.8) is 0 Å². The summed E-state index contributed by atoms with van der Waals surface area (Å²) in [5.74, 6) is -0.0876. The fraction of sp³-hybridized carbons (Fsp3) is 0.833. The molecular formula is C54H101NO3. The molecule has 0 saturated carbocycles. The standard InChI is InChI=1S/C54H101NO3/c1-3-5-7-9-11-13-15-17-19-20-21-22-23-24-25-26-27-28-29-30-31-32-33-34-35-36-37-39-41-43-45-47-49-53(57)52(51-56)55-54(58)50-48-46-44-42-40-38-18-16-14-12-10-8-6-4-2/h10,12,16,18,39,41,47,49,52-53,56-57H,3-9,11,13-15,17,19-38,40,42-46,48,50-51H2,1-2H3,(H,55,58)/b12-10-,18-16-,41-39+,49-47+. The maximum atomic E-state index is 12.4. The van der Waals surface area contributed by atoms with Gasteiger partial charge in [-0.15, -0.1) is 0 Å². The van der Waals surface area contributed by atoms with Crippen molar-refractivity contribution in [2.24, 2.45) is 0 Å². The van der Waals surface area contributed by atoms with Crippen LogP contribution < -0.4 is 5.32 Å². The van der Waals surface area contributed by atoms with E-state index in [-0.39, 0.29) is 12.5 Å². The quantitative estimate of drug-likeness (QED) is 0.0423. The van der Waals surface area contributed by atoms with E-state index in [1.807, 2.05) is 6.08 Å². The molecule has 0 saturated heterocycles. The van der Waals surface area contributed by atoms with E-state index >= 15 is 0 Å². The Bertz CT molecular complexity index is 923. The summed E-state index contributed by atoms with van der Waals surface area (Å²) in [4.78, 5) is 12.4. The van der Waals surface area contributed by atoms with Crippen molar-refractivity contribution in [1.82, 2.24) is 5.32 Å². The Labute approximate surface area is 363 Å². The van der Waals surface area contributed by atoms with Gasteiger partial charge in [-0.1, -0.05) is 255 Å². The largest absolute Gasteiger partial charge is 0.394 e. The van der Waals surface area contributed by atoms with Crippen LogP contribution in [0.5, 0.6) is 0 Å². The molecule has 0 aliphatic heterocycles. The van der Waals surface area contributed by atoms with Crippen molar-refractivity contribution in [1.29, 1.82) is 0 Å². The summed E-state index contributed by atoms with van der Waals surface area (Å²) >= 11 is 0. The zero-order chi connectivity index (χ0) is 42.1. The van der Waals surface area contributed by atoms with Crippen molar-refractivity contribution in [3.8, 4) is 0 Å². The number of aliphatic hydroxyl groups is 2. The van der Waals surface area contributed by atoms with Crippen molar-refractivity contribution in [3.05, 3.63) is 48.6 Å². The summed E-state index contributed by atoms with van der Waals surface area (Å²) in [5, 5.41) is 23.0. The maximum Gasteiger partial charge on any atom is 0.220 e. The Morgan fingerprint density at radius 2 is 0.741 bits per heavy atom. The summed E-state index contributed by atoms with van der Waals surface area (Å²) in [6.07, 6.45) is 68.4. The highest BCUT2D eigenvalue weighted by molar-refractivity contribution is 5.76. The van der Waals surface area contributed by atoms with Crippen LogP contribution in [0.25, 0.3) is 0 Å². The molecule has 0 aromatic heterocycles. The summed E-state index contributed by atoms with van der Waals surface area (Å²) in [7, 11) is 0. The van der Waals surface area contributed by atoms with E-state index in [0.717, 1.165) is 51.4 Å². The number of nitrogens with one attached hydrogen (secondary N) is 1. The zero-order valence-corrected chi connectivity index (χ0v) is 39.1. The van der Waals surface area contributed by atoms with Crippen LogP contribution in [0.4, 0.5) is 0 Å². The highest BCUT2D eigenvalue weighted by atomic mass is 16.3. The third-order valence-corrected chi connectivity index (χ3v) is 11.8. The van der Waals surface area contributed by atoms with Gasteiger partial charge >= 0.3 is 0 Å². The molecule has 340 valence electrons. The second-order valence-corrected chi connectivity index (χ2v) is 17.6. The van der Waals surface area contributed by atoms with E-state index in [1.54, 1.807) is 6.08 Å². The number of hydrogen-bond acceptors (Lipinski definition) is 3. The molecule has 1 amide bonds. The molecule has 3 N–H and O–H groups in total. The number of hydrogen-bond donors (Lipinski definition) is 3. The first-order chi connectivity index (χ1) is 28.7. The minimum absolute atomic E-state index is 0.0876. The molecule has 4 heteroatoms. The Morgan fingerprint density at radius 1 is 0.414 bits per heavy atom. The Morgan fingerprint density at radius 3 is 1.16 bits per heavy atom. The monoisotopic (exact) mass is 812 g/mol. The molecule has 0 aliphatic rings. The molecule has 4 nitrogen and oxygen atoms in total. The molecular weight excluding hydrogens is 711 g/mol. The number of unbranched alkanes of at least 4 members (excludes halogenated alkanes) is 34. The van der Waals surface area contributed by atoms with E-state index in [2.05, 4.69) is 55.6 Å². The summed E-state index contributed by atoms with van der Waals surface area (Å²) < 4.78 is 0. The van der Waals surface area contributed by atoms with Crippen molar-refractivity contribution in [2.45, 2.75) is 283 Å². The average molecular weight is 812 g/mol. The normalized spacial score (nSPS) is 13.2. The van der Waals surface area contributed by atoms with E-state index in [1.165, 1.54) is 199 Å². The van der Waals surface area contributed by atoms with Gasteiger partial charge in [-0.05, 0) is 57.8 Å². The van der Waals surface area contributed by atoms with E-state index in [0.29, 0.717) is 6.42 Å². The number of rotatable bonds is 47. The summed E-state index contributed by atoms with van der Waals surface area (Å²) in [5.41, 5.74) is 0. The lowest BCUT2D eigenvalue weighted by atomic mass is 10.0. The lowest BCUT2D eigenvalue weighted by Crippen LogP contribution is -2.45. The molecule has 0 bridgehead atoms. The van der Waals surface area contributed by atoms with Crippen LogP contribution >= 0.6 is 0 Å². The molecule has 2 atom stereocenters. The number of carbonyl (C=O) groups excluding carboxylic acids is 1. The predicted molar refractivity (Wildman–Crippen MR) is 258 cm³/mol. The second kappa shape index (κ2) is 49.7. The van der Waals surface area contributed by atoms with Crippen LogP contribution in [0.3, 0.4) is 0 Å². The van der Waals surface area contributed by atoms with Crippen LogP contribution in [-0.4, -0.2) is 34.9 Å². The highest BCUT2D eigenvalue weighted by Crippen LogP contribution is 2.16. The van der Waals surface area contributed by atoms with Crippen molar-refractivity contribution in [2.75, 3.05) is 6.61 Å². The molecule has 0 aromatic carbocycles. The SMILES string of the molecule is CCCC/C=C\C/C=C\CCCCCCCC(=O)NC(CO)C(O)/C=C/CC/C=C/CCCCCCCCCCCCCCCCCCCCCCCCCCCC. The lowest BCUT2D eigenvalue weighted by Gasteiger charge is -2.19. The minimum Gasteiger partial charge on any atom is -0.394 e. The van der Waals surface area contributed by atoms with Gasteiger partial charge in [0.25, 0.3) is 0 Å². The molecule has 2 unspecified atom stereocenters. The van der Waals surface area contributed by atoms with Gasteiger partial charge in [-0.25, -0.2) is 0 Å². The fourth-order valence-corrected chi connectivity index (χ4v) is 7.80. The molecule has 58 heavy (non-hydrogen) atoms. The Hall–Kier alpha value is -1.65. The van der Waals surface area contributed by atoms with Gasteiger partial charge in [-0.3, -0.25) is 4.79 Å². The minimum atomic E-state index is -0.869. The topological polar surface area (TPSA) is 69.6 Å². The molecule has 0 radical (unpaired) electrons. The average Bonchev–Trinajstić information content (AvgIpc) is 3.23. The van der Waals surface area contributed by atoms with Gasteiger partial charge in [0, 0.05) is 6.42 Å². The first kappa shape index (κ1) is 56.4. The number of aliphatic hydroxyl groups excluding tert-OH is 2. The van der Waals surface area contributed by atoms with Gasteiger partial charge in [0.2, 0.25) is 5.91 Å². The van der Waals surface area contributed by atoms with E-state index in [9.17, 15) is 15.0 Å². The third-order valence-electron chi connectivity index (χ3n) is 11.8. The summed E-state index contributed by atoms with van der Waals surface area (Å²) in [6, 6.07) is -0.647. The van der Waals surface area contributed by atoms with Crippen molar-refractivity contribution < 1.29 is 15.0 Å². The van der Waals surface area contributed by atoms with Crippen LogP contribution in [0.15, 0.2) is 48.6 Å². The fourth-order valence-electron chi connectivity index (χ4n) is 7.80. The third kappa shape index (κ3) is 45.4. The number of carbonyl (C=O) groups is 1. The number of allylic oxidation sites excluding steroid dienone is 7. The van der Waals surface area contributed by atoms with Gasteiger partial charge < -0.3 is 15.5 Å². The first-order valence-corrected chi connectivity index (χ1v) is 25.9. The molecule has 0 heterocycles. The predicted octanol–water partition coefficient (Wildman–Crippen LogP) is 16.7. The van der Waals surface area contributed by atoms with Crippen molar-refractivity contribution >= 4 is 5.91 Å². The zero-order valence-electron chi connectivity index (χ0n) is 39.1. The van der Waals surface area contributed by atoms with Gasteiger partial charge in [0.1, 0.15) is 0 Å². The second-order valence-electron chi connectivity index (χ2n) is 17.6. The Kier molecular flexibility index (Phi) is 48.3. The molecule has 0 aromatic rings. The first-order valence-electron chi connectivity index (χ1n) is 25.9. The Balaban J connectivity index is 3.50. The molecule has 0 rings (SSSR count). The van der Waals surface area contributed by atoms with Gasteiger partial charge in [-0.2, -0.15) is 0 Å². The molecule has 0 fully saturated rings. The number of amides is 1. The van der Waals surface area contributed by atoms with Crippen LogP contribution in [-0.2, 0) is 4.79 Å². The lowest BCUT2D eigenvalue weighted by molar-refractivity contribution is -0.123. The van der Waals surface area contributed by atoms with E-state index < -0.39 is 12.1 Å². The van der Waals surface area contributed by atoms with Gasteiger partial charge in [0.05, 0.1) is 18.8 Å². The smallest absolute Gasteiger partial charge is 0.220 e. The van der Waals surface area contributed by atoms with Crippen LogP contribution in [0, 0.1) is 0 Å². The van der Waals surface area contributed by atoms with Crippen LogP contribution in [0.1, 0.15) is 271 Å². The highest BCUT2D eigenvalue weighted by Gasteiger charge is 2.17. The molecule has 0 aliphatic carbocycles. The summed E-state index contributed by atoms with van der Waals surface area (Å²) in [6.45, 7) is 4.26. The molecule has 0 spiro atoms. The van der Waals surface area contributed by atoms with Gasteiger partial charge in [0.15, 0.2) is 0 Å². The van der Waals surface area contributed by atoms with E-state index in [4.69, 9.17) is 0 Å². The van der Waals surface area contributed by atoms with Crippen LogP contribution in [0.2, 0.25) is 0 Å². The maximum absolute atomic E-state index is 12.4.